The van der Waals surface area contributed by atoms with Crippen LogP contribution < -0.4 is 14.8 Å². The van der Waals surface area contributed by atoms with E-state index in [0.29, 0.717) is 12.5 Å². The summed E-state index contributed by atoms with van der Waals surface area (Å²) in [5.74, 6) is -1.89. The Morgan fingerprint density at radius 3 is 2.29 bits per heavy atom. The van der Waals surface area contributed by atoms with Gasteiger partial charge in [-0.05, 0) is 38.7 Å². The van der Waals surface area contributed by atoms with Crippen LogP contribution in [0.25, 0.3) is 0 Å². The van der Waals surface area contributed by atoms with Crippen LogP contribution in [0.3, 0.4) is 0 Å². The lowest BCUT2D eigenvalue weighted by Crippen LogP contribution is -2.47. The van der Waals surface area contributed by atoms with Crippen molar-refractivity contribution in [2.75, 3.05) is 6.61 Å². The minimum absolute atomic E-state index is 0.0221. The topological polar surface area (TPSA) is 86.8 Å². The standard InChI is InChI=1S/C25H31Cl2FN2O5/c1-13(2)12-33-23-18(27)8-15(11-29-23)34-20-10-19(28)16(9-17(20)26)22(31)30-21(14(3)4)24(32)35-25(5,6)7/h8-11,13-14,21H,12H2,1-7H3,(H,30,31)/t21-/m0/s1. The normalized spacial score (nSPS) is 12.5. The summed E-state index contributed by atoms with van der Waals surface area (Å²) in [5, 5.41) is 2.73. The molecule has 2 aromatic rings. The van der Waals surface area contributed by atoms with E-state index < -0.39 is 29.3 Å². The summed E-state index contributed by atoms with van der Waals surface area (Å²) >= 11 is 12.4. The summed E-state index contributed by atoms with van der Waals surface area (Å²) < 4.78 is 31.3. The second kappa shape index (κ2) is 11.9. The minimum atomic E-state index is -0.972. The molecular formula is C25H31Cl2FN2O5. The van der Waals surface area contributed by atoms with E-state index in [1.165, 1.54) is 12.3 Å². The maximum Gasteiger partial charge on any atom is 0.329 e. The van der Waals surface area contributed by atoms with Gasteiger partial charge in [0.25, 0.3) is 5.91 Å². The van der Waals surface area contributed by atoms with Crippen molar-refractivity contribution in [2.24, 2.45) is 11.8 Å². The molecule has 10 heteroatoms. The molecular weight excluding hydrogens is 498 g/mol. The number of hydrogen-bond acceptors (Lipinski definition) is 6. The lowest BCUT2D eigenvalue weighted by atomic mass is 10.0. The van der Waals surface area contributed by atoms with Gasteiger partial charge in [0.2, 0.25) is 5.88 Å². The Morgan fingerprint density at radius 1 is 1.09 bits per heavy atom. The van der Waals surface area contributed by atoms with Crippen LogP contribution >= 0.6 is 23.2 Å². The van der Waals surface area contributed by atoms with Crippen molar-refractivity contribution < 1.29 is 28.2 Å². The highest BCUT2D eigenvalue weighted by Gasteiger charge is 2.30. The maximum absolute atomic E-state index is 14.8. The van der Waals surface area contributed by atoms with Crippen molar-refractivity contribution in [3.05, 3.63) is 45.8 Å². The van der Waals surface area contributed by atoms with Gasteiger partial charge in [-0.2, -0.15) is 0 Å². The number of rotatable bonds is 9. The Kier molecular flexibility index (Phi) is 9.75. The molecule has 1 amide bonds. The summed E-state index contributed by atoms with van der Waals surface area (Å²) in [7, 11) is 0. The number of amides is 1. The van der Waals surface area contributed by atoms with Crippen molar-refractivity contribution in [1.82, 2.24) is 10.3 Å². The summed E-state index contributed by atoms with van der Waals surface area (Å²) in [6.45, 7) is 13.1. The number of hydrogen-bond donors (Lipinski definition) is 1. The van der Waals surface area contributed by atoms with Crippen LogP contribution in [0.15, 0.2) is 24.4 Å². The van der Waals surface area contributed by atoms with E-state index in [1.807, 2.05) is 13.8 Å². The Bertz CT molecular complexity index is 1070. The average Bonchev–Trinajstić information content (AvgIpc) is 2.71. The van der Waals surface area contributed by atoms with Crippen LogP contribution in [-0.2, 0) is 9.53 Å². The molecule has 192 valence electrons. The SMILES string of the molecule is CC(C)COc1ncc(Oc2cc(F)c(C(=O)N[C@H](C(=O)OC(C)(C)C)C(C)C)cc2Cl)cc1Cl. The number of pyridine rings is 1. The number of esters is 1. The number of nitrogens with one attached hydrogen (secondary N) is 1. The third-order valence-corrected chi connectivity index (χ3v) is 5.01. The second-order valence-electron chi connectivity index (χ2n) is 9.76. The van der Waals surface area contributed by atoms with Crippen molar-refractivity contribution >= 4 is 35.1 Å². The zero-order valence-corrected chi connectivity index (χ0v) is 22.4. The van der Waals surface area contributed by atoms with Gasteiger partial charge in [0.15, 0.2) is 0 Å². The molecule has 1 aromatic carbocycles. The molecule has 2 rings (SSSR count). The van der Waals surface area contributed by atoms with Gasteiger partial charge < -0.3 is 19.5 Å². The van der Waals surface area contributed by atoms with E-state index in [2.05, 4.69) is 10.3 Å². The lowest BCUT2D eigenvalue weighted by molar-refractivity contribution is -0.158. The van der Waals surface area contributed by atoms with Crippen LogP contribution in [0.4, 0.5) is 4.39 Å². The molecule has 0 unspecified atom stereocenters. The highest BCUT2D eigenvalue weighted by atomic mass is 35.5. The van der Waals surface area contributed by atoms with Crippen LogP contribution in [-0.4, -0.2) is 35.1 Å². The Morgan fingerprint density at radius 2 is 1.74 bits per heavy atom. The highest BCUT2D eigenvalue weighted by Crippen LogP contribution is 2.34. The molecule has 0 bridgehead atoms. The van der Waals surface area contributed by atoms with E-state index in [1.54, 1.807) is 34.6 Å². The predicted molar refractivity (Wildman–Crippen MR) is 133 cm³/mol. The molecule has 0 aliphatic heterocycles. The fraction of sp³-hybridized carbons (Fsp3) is 0.480. The van der Waals surface area contributed by atoms with E-state index in [0.717, 1.165) is 12.1 Å². The van der Waals surface area contributed by atoms with Gasteiger partial charge in [0, 0.05) is 12.1 Å². The van der Waals surface area contributed by atoms with Crippen LogP contribution in [0.1, 0.15) is 58.8 Å². The summed E-state index contributed by atoms with van der Waals surface area (Å²) in [6, 6.07) is 2.60. The van der Waals surface area contributed by atoms with Crippen LogP contribution in [0, 0.1) is 17.7 Å². The molecule has 0 aliphatic rings. The Balaban J connectivity index is 2.19. The van der Waals surface area contributed by atoms with Gasteiger partial charge in [-0.1, -0.05) is 50.9 Å². The van der Waals surface area contributed by atoms with Gasteiger partial charge in [-0.15, -0.1) is 0 Å². The quantitative estimate of drug-likeness (QED) is 0.376. The van der Waals surface area contributed by atoms with E-state index >= 15 is 0 Å². The van der Waals surface area contributed by atoms with Crippen molar-refractivity contribution in [3.8, 4) is 17.4 Å². The minimum Gasteiger partial charge on any atom is -0.476 e. The molecule has 1 heterocycles. The first-order valence-corrected chi connectivity index (χ1v) is 11.9. The van der Waals surface area contributed by atoms with Crippen molar-refractivity contribution in [2.45, 2.75) is 60.1 Å². The Labute approximate surface area is 215 Å². The van der Waals surface area contributed by atoms with Gasteiger partial charge >= 0.3 is 5.97 Å². The summed E-state index contributed by atoms with van der Waals surface area (Å²) in [5.41, 5.74) is -1.08. The number of nitrogens with zero attached hydrogens (tertiary/aromatic N) is 1. The zero-order valence-electron chi connectivity index (χ0n) is 20.9. The zero-order chi connectivity index (χ0) is 26.5. The maximum atomic E-state index is 14.8. The monoisotopic (exact) mass is 528 g/mol. The fourth-order valence-corrected chi connectivity index (χ4v) is 3.22. The molecule has 7 nitrogen and oxygen atoms in total. The summed E-state index contributed by atoms with van der Waals surface area (Å²) in [4.78, 5) is 29.4. The van der Waals surface area contributed by atoms with E-state index in [9.17, 15) is 14.0 Å². The number of halogens is 3. The molecule has 0 radical (unpaired) electrons. The number of ether oxygens (including phenoxy) is 3. The van der Waals surface area contributed by atoms with Crippen LogP contribution in [0.5, 0.6) is 17.4 Å². The molecule has 0 spiro atoms. The average molecular weight is 529 g/mol. The highest BCUT2D eigenvalue weighted by molar-refractivity contribution is 6.32. The Hall–Kier alpha value is -2.58. The third kappa shape index (κ3) is 8.54. The van der Waals surface area contributed by atoms with Gasteiger partial charge in [-0.3, -0.25) is 4.79 Å². The molecule has 35 heavy (non-hydrogen) atoms. The molecule has 1 N–H and O–H groups in total. The van der Waals surface area contributed by atoms with Crippen molar-refractivity contribution in [1.29, 1.82) is 0 Å². The molecule has 0 saturated carbocycles. The first-order chi connectivity index (χ1) is 16.2. The van der Waals surface area contributed by atoms with Gasteiger partial charge in [0.1, 0.15) is 34.0 Å². The fourth-order valence-electron chi connectivity index (χ4n) is 2.81. The van der Waals surface area contributed by atoms with Crippen molar-refractivity contribution in [3.63, 3.8) is 0 Å². The molecule has 1 atom stereocenters. The smallest absolute Gasteiger partial charge is 0.329 e. The second-order valence-corrected chi connectivity index (χ2v) is 10.6. The number of carbonyl (C=O) groups is 2. The number of benzene rings is 1. The predicted octanol–water partition coefficient (Wildman–Crippen LogP) is 6.45. The van der Waals surface area contributed by atoms with Crippen LogP contribution in [0.2, 0.25) is 10.0 Å². The molecule has 0 fully saturated rings. The molecule has 1 aromatic heterocycles. The lowest BCUT2D eigenvalue weighted by Gasteiger charge is -2.26. The number of carbonyl (C=O) groups excluding carboxylic acids is 2. The van der Waals surface area contributed by atoms with E-state index in [4.69, 9.17) is 37.4 Å². The molecule has 0 aliphatic carbocycles. The summed E-state index contributed by atoms with van der Waals surface area (Å²) in [6.07, 6.45) is 1.37. The number of aromatic nitrogens is 1. The first-order valence-electron chi connectivity index (χ1n) is 11.2. The molecule has 0 saturated heterocycles. The largest absolute Gasteiger partial charge is 0.476 e. The van der Waals surface area contributed by atoms with E-state index in [-0.39, 0.29) is 38.9 Å². The van der Waals surface area contributed by atoms with Gasteiger partial charge in [0.05, 0.1) is 23.4 Å². The van der Waals surface area contributed by atoms with Gasteiger partial charge in [-0.25, -0.2) is 14.2 Å². The first kappa shape index (κ1) is 28.7. The third-order valence-electron chi connectivity index (χ3n) is 4.44.